The molecule has 144 valence electrons. The van der Waals surface area contributed by atoms with E-state index >= 15 is 0 Å². The number of H-pyrrole nitrogens is 1. The van der Waals surface area contributed by atoms with E-state index in [1.165, 1.54) is 4.57 Å². The van der Waals surface area contributed by atoms with Crippen LogP contribution in [0.15, 0.2) is 16.9 Å². The number of hydrogen-bond donors (Lipinski definition) is 1. The molecule has 0 aliphatic rings. The van der Waals surface area contributed by atoms with E-state index in [0.717, 1.165) is 0 Å². The summed E-state index contributed by atoms with van der Waals surface area (Å²) in [5, 5.41) is 0.470. The molecule has 0 atom stereocenters. The Labute approximate surface area is 157 Å². The van der Waals surface area contributed by atoms with E-state index < -0.39 is 6.29 Å². The maximum Gasteiger partial charge on any atom is 0.262 e. The molecule has 0 fully saturated rings. The van der Waals surface area contributed by atoms with Crippen LogP contribution in [-0.2, 0) is 16.0 Å². The van der Waals surface area contributed by atoms with Crippen molar-refractivity contribution in [1.29, 1.82) is 0 Å². The lowest BCUT2D eigenvalue weighted by atomic mass is 10.2. The summed E-state index contributed by atoms with van der Waals surface area (Å²) in [6.07, 6.45) is -0.538. The van der Waals surface area contributed by atoms with Gasteiger partial charge in [-0.3, -0.25) is 9.36 Å². The monoisotopic (exact) mass is 382 g/mol. The Morgan fingerprint density at radius 2 is 1.58 bits per heavy atom. The predicted octanol–water partition coefficient (Wildman–Crippen LogP) is 3.26. The van der Waals surface area contributed by atoms with E-state index in [4.69, 9.17) is 31.2 Å². The lowest BCUT2D eigenvalue weighted by molar-refractivity contribution is -0.144. The van der Waals surface area contributed by atoms with Crippen LogP contribution in [0.1, 0.15) is 27.7 Å². The summed E-state index contributed by atoms with van der Waals surface area (Å²) in [7, 11) is 0. The summed E-state index contributed by atoms with van der Waals surface area (Å²) < 4.78 is 24.0. The quantitative estimate of drug-likeness (QED) is 0.502. The molecule has 0 saturated heterocycles. The van der Waals surface area contributed by atoms with Crippen LogP contribution in [0.5, 0.6) is 11.5 Å². The van der Waals surface area contributed by atoms with Crippen LogP contribution in [0.3, 0.4) is 0 Å². The smallest absolute Gasteiger partial charge is 0.262 e. The van der Waals surface area contributed by atoms with E-state index in [1.807, 2.05) is 27.7 Å². The molecule has 8 heteroatoms. The average molecular weight is 382 g/mol. The van der Waals surface area contributed by atoms with Gasteiger partial charge >= 0.3 is 0 Å². The van der Waals surface area contributed by atoms with Crippen molar-refractivity contribution in [2.75, 3.05) is 26.4 Å². The van der Waals surface area contributed by atoms with Crippen molar-refractivity contribution < 1.29 is 18.9 Å². The topological polar surface area (TPSA) is 74.7 Å². The van der Waals surface area contributed by atoms with Crippen molar-refractivity contribution in [1.82, 2.24) is 9.55 Å². The molecule has 1 heterocycles. The first-order valence-corrected chi connectivity index (χ1v) is 9.26. The molecular formula is C18H26N2O5S. The van der Waals surface area contributed by atoms with Crippen molar-refractivity contribution in [2.24, 2.45) is 0 Å². The summed E-state index contributed by atoms with van der Waals surface area (Å²) in [5.41, 5.74) is 0.379. The highest BCUT2D eigenvalue weighted by Crippen LogP contribution is 2.30. The van der Waals surface area contributed by atoms with Gasteiger partial charge in [0.1, 0.15) is 0 Å². The number of rotatable bonds is 10. The molecule has 0 aliphatic carbocycles. The highest BCUT2D eigenvalue weighted by atomic mass is 32.1. The molecule has 26 heavy (non-hydrogen) atoms. The largest absolute Gasteiger partial charge is 0.490 e. The fraction of sp³-hybridized carbons (Fsp3) is 0.556. The summed E-state index contributed by atoms with van der Waals surface area (Å²) in [5.74, 6) is 1.10. The molecule has 0 aliphatic heterocycles. The maximum atomic E-state index is 13.0. The van der Waals surface area contributed by atoms with Gasteiger partial charge in [-0.2, -0.15) is 0 Å². The van der Waals surface area contributed by atoms with Crippen LogP contribution < -0.4 is 15.0 Å². The minimum Gasteiger partial charge on any atom is -0.490 e. The van der Waals surface area contributed by atoms with Gasteiger partial charge in [0.05, 0.1) is 30.7 Å². The molecule has 1 aromatic heterocycles. The zero-order valence-electron chi connectivity index (χ0n) is 15.7. The fourth-order valence-corrected chi connectivity index (χ4v) is 2.90. The maximum absolute atomic E-state index is 13.0. The van der Waals surface area contributed by atoms with Crippen molar-refractivity contribution in [3.05, 3.63) is 27.3 Å². The van der Waals surface area contributed by atoms with E-state index in [1.54, 1.807) is 12.1 Å². The third-order valence-electron chi connectivity index (χ3n) is 3.68. The molecule has 0 saturated carbocycles. The lowest BCUT2D eigenvalue weighted by Gasteiger charge is -2.19. The summed E-state index contributed by atoms with van der Waals surface area (Å²) in [6, 6.07) is 3.43. The number of nitrogens with one attached hydrogen (secondary N) is 1. The Hall–Kier alpha value is -1.90. The van der Waals surface area contributed by atoms with Gasteiger partial charge in [-0.05, 0) is 46.0 Å². The number of nitrogens with zero attached hydrogens (tertiary/aromatic N) is 1. The zero-order valence-corrected chi connectivity index (χ0v) is 16.5. The highest BCUT2D eigenvalue weighted by molar-refractivity contribution is 7.71. The van der Waals surface area contributed by atoms with Gasteiger partial charge in [0.2, 0.25) is 0 Å². The first-order chi connectivity index (χ1) is 12.5. The number of hydrogen-bond acceptors (Lipinski definition) is 6. The van der Waals surface area contributed by atoms with Gasteiger partial charge in [0.15, 0.2) is 22.6 Å². The van der Waals surface area contributed by atoms with Crippen molar-refractivity contribution in [3.8, 4) is 11.5 Å². The first-order valence-electron chi connectivity index (χ1n) is 8.85. The SMILES string of the molecule is CCOc1cc2[nH]c(=S)n(CC(OCC)OCC)c(=O)c2cc1OCC. The third kappa shape index (κ3) is 4.63. The molecule has 1 N–H and O–H groups in total. The van der Waals surface area contributed by atoms with Crippen molar-refractivity contribution >= 4 is 23.1 Å². The average Bonchev–Trinajstić information content (AvgIpc) is 2.60. The molecule has 0 spiro atoms. The molecule has 1 aromatic carbocycles. The molecule has 2 rings (SSSR count). The Balaban J connectivity index is 2.55. The van der Waals surface area contributed by atoms with E-state index in [-0.39, 0.29) is 12.1 Å². The number of benzene rings is 1. The number of aromatic amines is 1. The minimum absolute atomic E-state index is 0.211. The number of aromatic nitrogens is 2. The van der Waals surface area contributed by atoms with Crippen LogP contribution in [-0.4, -0.2) is 42.3 Å². The summed E-state index contributed by atoms with van der Waals surface area (Å²) >= 11 is 5.37. The standard InChI is InChI=1S/C18H26N2O5S/c1-5-22-14-9-12-13(10-15(14)23-6-2)19-18(26)20(17(12)21)11-16(24-7-3)25-8-4/h9-10,16H,5-8,11H2,1-4H3,(H,19,26). The van der Waals surface area contributed by atoms with Crippen molar-refractivity contribution in [3.63, 3.8) is 0 Å². The molecule has 0 bridgehead atoms. The summed E-state index contributed by atoms with van der Waals surface area (Å²) in [4.78, 5) is 16.1. The van der Waals surface area contributed by atoms with Crippen molar-refractivity contribution in [2.45, 2.75) is 40.5 Å². The van der Waals surface area contributed by atoms with Crippen LogP contribution in [0.4, 0.5) is 0 Å². The van der Waals surface area contributed by atoms with Crippen LogP contribution in [0.25, 0.3) is 10.9 Å². The molecular weight excluding hydrogens is 356 g/mol. The van der Waals surface area contributed by atoms with Gasteiger partial charge in [0, 0.05) is 19.3 Å². The molecule has 0 unspecified atom stereocenters. The van der Waals surface area contributed by atoms with Crippen LogP contribution in [0, 0.1) is 4.77 Å². The van der Waals surface area contributed by atoms with E-state index in [2.05, 4.69) is 4.98 Å². The van der Waals surface area contributed by atoms with Gasteiger partial charge in [-0.15, -0.1) is 0 Å². The Bertz CT molecular complexity index is 840. The number of ether oxygens (including phenoxy) is 4. The van der Waals surface area contributed by atoms with Gasteiger partial charge in [0.25, 0.3) is 5.56 Å². The van der Waals surface area contributed by atoms with Gasteiger partial charge in [-0.25, -0.2) is 0 Å². The van der Waals surface area contributed by atoms with E-state index in [0.29, 0.717) is 53.6 Å². The van der Waals surface area contributed by atoms with Gasteiger partial charge < -0.3 is 23.9 Å². The third-order valence-corrected chi connectivity index (χ3v) is 4.01. The lowest BCUT2D eigenvalue weighted by Crippen LogP contribution is -2.31. The molecule has 7 nitrogen and oxygen atoms in total. The normalized spacial score (nSPS) is 11.3. The predicted molar refractivity (Wildman–Crippen MR) is 103 cm³/mol. The molecule has 2 aromatic rings. The second-order valence-corrected chi connectivity index (χ2v) is 5.78. The Kier molecular flexibility index (Phi) is 7.62. The summed E-state index contributed by atoms with van der Waals surface area (Å²) in [6.45, 7) is 9.66. The fourth-order valence-electron chi connectivity index (χ4n) is 2.64. The second kappa shape index (κ2) is 9.70. The number of fused-ring (bicyclic) bond motifs is 1. The zero-order chi connectivity index (χ0) is 19.1. The molecule has 0 amide bonds. The van der Waals surface area contributed by atoms with E-state index in [9.17, 15) is 4.79 Å². The van der Waals surface area contributed by atoms with Crippen LogP contribution >= 0.6 is 12.2 Å². The second-order valence-electron chi connectivity index (χ2n) is 5.40. The molecule has 0 radical (unpaired) electrons. The first kappa shape index (κ1) is 20.4. The van der Waals surface area contributed by atoms with Crippen LogP contribution in [0.2, 0.25) is 0 Å². The highest BCUT2D eigenvalue weighted by Gasteiger charge is 2.16. The minimum atomic E-state index is -0.538. The Morgan fingerprint density at radius 3 is 2.12 bits per heavy atom. The van der Waals surface area contributed by atoms with Gasteiger partial charge in [-0.1, -0.05) is 0 Å². The Morgan fingerprint density at radius 1 is 1.00 bits per heavy atom.